The summed E-state index contributed by atoms with van der Waals surface area (Å²) in [7, 11) is 0. The van der Waals surface area contributed by atoms with Crippen LogP contribution in [0.5, 0.6) is 0 Å². The molecule has 0 aliphatic carbocycles. The molecule has 2 N–H and O–H groups in total. The van der Waals surface area contributed by atoms with E-state index in [1.807, 2.05) is 0 Å². The first kappa shape index (κ1) is 14.1. The van der Waals surface area contributed by atoms with Crippen LogP contribution in [0.15, 0.2) is 18.2 Å². The highest BCUT2D eigenvalue weighted by Gasteiger charge is 2.13. The van der Waals surface area contributed by atoms with E-state index < -0.39 is 11.0 Å². The average Bonchev–Trinajstić information content (AvgIpc) is 2.27. The number of aliphatic hydroxyl groups excluding tert-OH is 1. The largest absolute Gasteiger partial charge is 0.393 e. The summed E-state index contributed by atoms with van der Waals surface area (Å²) in [5, 5.41) is 22.3. The Morgan fingerprint density at radius 1 is 1.56 bits per heavy atom. The lowest BCUT2D eigenvalue weighted by Gasteiger charge is -2.08. The minimum atomic E-state index is -0.498. The molecule has 98 valence electrons. The Morgan fingerprint density at radius 3 is 2.72 bits per heavy atom. The maximum atomic E-state index is 11.8. The minimum Gasteiger partial charge on any atom is -0.393 e. The number of nitro groups is 1. The number of aryl methyl sites for hydroxylation is 1. The van der Waals surface area contributed by atoms with Crippen LogP contribution in [-0.2, 0) is 0 Å². The maximum absolute atomic E-state index is 11.8. The van der Waals surface area contributed by atoms with Gasteiger partial charge in [0.15, 0.2) is 0 Å². The van der Waals surface area contributed by atoms with Crippen molar-refractivity contribution in [3.63, 3.8) is 0 Å². The van der Waals surface area contributed by atoms with E-state index in [9.17, 15) is 14.9 Å². The summed E-state index contributed by atoms with van der Waals surface area (Å²) in [5.74, 6) is -0.289. The number of nitrogens with one attached hydrogen (secondary N) is 1. The number of rotatable bonds is 5. The number of hydrogen-bond donors (Lipinski definition) is 2. The molecule has 0 aromatic heterocycles. The summed E-state index contributed by atoms with van der Waals surface area (Å²) in [6.45, 7) is 3.66. The topological polar surface area (TPSA) is 92.5 Å². The number of hydrogen-bond acceptors (Lipinski definition) is 4. The maximum Gasteiger partial charge on any atom is 0.269 e. The highest BCUT2D eigenvalue weighted by atomic mass is 16.6. The van der Waals surface area contributed by atoms with Gasteiger partial charge < -0.3 is 10.4 Å². The molecule has 0 fully saturated rings. The van der Waals surface area contributed by atoms with Gasteiger partial charge in [-0.25, -0.2) is 0 Å². The quantitative estimate of drug-likeness (QED) is 0.612. The Kier molecular flexibility index (Phi) is 4.79. The molecule has 0 aliphatic heterocycles. The normalized spacial score (nSPS) is 11.9. The zero-order valence-electron chi connectivity index (χ0n) is 10.3. The first-order chi connectivity index (χ1) is 8.41. The Hall–Kier alpha value is -1.95. The molecule has 1 unspecified atom stereocenters. The number of aliphatic hydroxyl groups is 1. The molecule has 6 heteroatoms. The molecule has 1 aromatic rings. The molecule has 18 heavy (non-hydrogen) atoms. The summed E-state index contributed by atoms with van der Waals surface area (Å²) < 4.78 is 0. The fourth-order valence-corrected chi connectivity index (χ4v) is 1.51. The Labute approximate surface area is 105 Å². The van der Waals surface area contributed by atoms with Crippen LogP contribution in [0.3, 0.4) is 0 Å². The van der Waals surface area contributed by atoms with Gasteiger partial charge >= 0.3 is 0 Å². The molecule has 0 bridgehead atoms. The van der Waals surface area contributed by atoms with Crippen molar-refractivity contribution in [1.29, 1.82) is 0 Å². The van der Waals surface area contributed by atoms with Crippen LogP contribution in [0.1, 0.15) is 29.3 Å². The standard InChI is InChI=1S/C12H16N2O4/c1-8-7-10(14(17)18)3-4-11(8)12(16)13-6-5-9(2)15/h3-4,7,9,15H,5-6H2,1-2H3,(H,13,16). The molecule has 1 atom stereocenters. The number of benzene rings is 1. The molecular formula is C12H16N2O4. The van der Waals surface area contributed by atoms with E-state index in [1.165, 1.54) is 18.2 Å². The van der Waals surface area contributed by atoms with E-state index in [-0.39, 0.29) is 11.6 Å². The second kappa shape index (κ2) is 6.11. The molecular weight excluding hydrogens is 236 g/mol. The first-order valence-corrected chi connectivity index (χ1v) is 5.63. The van der Waals surface area contributed by atoms with Gasteiger partial charge in [0.05, 0.1) is 11.0 Å². The van der Waals surface area contributed by atoms with Crippen LogP contribution in [0.2, 0.25) is 0 Å². The molecule has 1 rings (SSSR count). The third-order valence-corrected chi connectivity index (χ3v) is 2.51. The van der Waals surface area contributed by atoms with Crippen molar-refractivity contribution >= 4 is 11.6 Å². The van der Waals surface area contributed by atoms with Gasteiger partial charge in [0.25, 0.3) is 11.6 Å². The Bertz CT molecular complexity index is 457. The Balaban J connectivity index is 2.72. The lowest BCUT2D eigenvalue weighted by molar-refractivity contribution is -0.384. The van der Waals surface area contributed by atoms with Crippen molar-refractivity contribution in [2.45, 2.75) is 26.4 Å². The number of non-ortho nitro benzene ring substituents is 1. The van der Waals surface area contributed by atoms with E-state index in [0.717, 1.165) is 0 Å². The van der Waals surface area contributed by atoms with Crippen LogP contribution in [0.25, 0.3) is 0 Å². The van der Waals surface area contributed by atoms with Crippen LogP contribution in [-0.4, -0.2) is 28.6 Å². The number of amides is 1. The smallest absolute Gasteiger partial charge is 0.269 e. The van der Waals surface area contributed by atoms with Gasteiger partial charge in [-0.15, -0.1) is 0 Å². The molecule has 0 saturated heterocycles. The van der Waals surface area contributed by atoms with Gasteiger partial charge in [0.2, 0.25) is 0 Å². The van der Waals surface area contributed by atoms with Crippen LogP contribution in [0.4, 0.5) is 5.69 Å². The Morgan fingerprint density at radius 2 is 2.22 bits per heavy atom. The first-order valence-electron chi connectivity index (χ1n) is 5.63. The van der Waals surface area contributed by atoms with Gasteiger partial charge in [-0.05, 0) is 31.9 Å². The highest BCUT2D eigenvalue weighted by Crippen LogP contribution is 2.16. The molecule has 0 heterocycles. The number of nitrogens with zero attached hydrogens (tertiary/aromatic N) is 1. The van der Waals surface area contributed by atoms with Crippen molar-refractivity contribution in [1.82, 2.24) is 5.32 Å². The summed E-state index contributed by atoms with van der Waals surface area (Å²) in [6, 6.07) is 4.10. The van der Waals surface area contributed by atoms with Crippen molar-refractivity contribution in [2.75, 3.05) is 6.54 Å². The van der Waals surface area contributed by atoms with E-state index in [1.54, 1.807) is 13.8 Å². The minimum absolute atomic E-state index is 0.0342. The summed E-state index contributed by atoms with van der Waals surface area (Å²) in [6.07, 6.45) is 0.000803. The van der Waals surface area contributed by atoms with Crippen molar-refractivity contribution < 1.29 is 14.8 Å². The monoisotopic (exact) mass is 252 g/mol. The highest BCUT2D eigenvalue weighted by molar-refractivity contribution is 5.95. The summed E-state index contributed by atoms with van der Waals surface area (Å²) in [5.41, 5.74) is 0.929. The second-order valence-electron chi connectivity index (χ2n) is 4.15. The summed E-state index contributed by atoms with van der Waals surface area (Å²) >= 11 is 0. The fourth-order valence-electron chi connectivity index (χ4n) is 1.51. The molecule has 0 saturated carbocycles. The average molecular weight is 252 g/mol. The predicted octanol–water partition coefficient (Wildman–Crippen LogP) is 1.40. The number of carbonyl (C=O) groups excluding carboxylic acids is 1. The van der Waals surface area contributed by atoms with Crippen molar-refractivity contribution in [3.8, 4) is 0 Å². The summed E-state index contributed by atoms with van der Waals surface area (Å²) in [4.78, 5) is 21.8. The van der Waals surface area contributed by atoms with Crippen LogP contribution < -0.4 is 5.32 Å². The fraction of sp³-hybridized carbons (Fsp3) is 0.417. The van der Waals surface area contributed by atoms with E-state index in [4.69, 9.17) is 5.11 Å². The van der Waals surface area contributed by atoms with Gasteiger partial charge in [-0.2, -0.15) is 0 Å². The number of nitro benzene ring substituents is 1. The number of carbonyl (C=O) groups is 1. The zero-order chi connectivity index (χ0) is 13.7. The van der Waals surface area contributed by atoms with E-state index in [2.05, 4.69) is 5.32 Å². The van der Waals surface area contributed by atoms with Gasteiger partial charge in [0.1, 0.15) is 0 Å². The molecule has 0 radical (unpaired) electrons. The third kappa shape index (κ3) is 3.81. The molecule has 1 amide bonds. The van der Waals surface area contributed by atoms with Gasteiger partial charge in [-0.1, -0.05) is 0 Å². The van der Waals surface area contributed by atoms with E-state index in [0.29, 0.717) is 24.1 Å². The van der Waals surface area contributed by atoms with Crippen LogP contribution in [0, 0.1) is 17.0 Å². The SMILES string of the molecule is Cc1cc([N+](=O)[O-])ccc1C(=O)NCCC(C)O. The third-order valence-electron chi connectivity index (χ3n) is 2.51. The molecule has 0 aliphatic rings. The molecule has 1 aromatic carbocycles. The molecule has 0 spiro atoms. The van der Waals surface area contributed by atoms with Gasteiger partial charge in [0, 0.05) is 24.2 Å². The van der Waals surface area contributed by atoms with Crippen molar-refractivity contribution in [3.05, 3.63) is 39.4 Å². The lowest BCUT2D eigenvalue weighted by Crippen LogP contribution is -2.27. The van der Waals surface area contributed by atoms with Crippen molar-refractivity contribution in [2.24, 2.45) is 0 Å². The second-order valence-corrected chi connectivity index (χ2v) is 4.15. The lowest BCUT2D eigenvalue weighted by atomic mass is 10.1. The predicted molar refractivity (Wildman–Crippen MR) is 66.5 cm³/mol. The van der Waals surface area contributed by atoms with Crippen LogP contribution >= 0.6 is 0 Å². The molecule has 6 nitrogen and oxygen atoms in total. The van der Waals surface area contributed by atoms with Gasteiger partial charge in [-0.3, -0.25) is 14.9 Å². The van der Waals surface area contributed by atoms with E-state index >= 15 is 0 Å². The zero-order valence-corrected chi connectivity index (χ0v) is 10.3.